The maximum absolute atomic E-state index is 12.6. The Morgan fingerprint density at radius 3 is 2.67 bits per heavy atom. The Bertz CT molecular complexity index is 683. The van der Waals surface area contributed by atoms with Crippen LogP contribution in [0.3, 0.4) is 0 Å². The molecule has 1 aromatic rings. The molecule has 1 aliphatic carbocycles. The van der Waals surface area contributed by atoms with Crippen molar-refractivity contribution in [3.8, 4) is 6.07 Å². The zero-order valence-electron chi connectivity index (χ0n) is 11.7. The molecule has 1 aromatic heterocycles. The number of nitrogens with zero attached hydrogens (tertiary/aromatic N) is 3. The molecule has 1 N–H and O–H groups in total. The van der Waals surface area contributed by atoms with E-state index < -0.39 is 16.0 Å². The molecule has 8 heteroatoms. The van der Waals surface area contributed by atoms with Gasteiger partial charge in [0, 0.05) is 31.7 Å². The molecule has 21 heavy (non-hydrogen) atoms. The molecular weight excluding hydrogens is 294 g/mol. The third-order valence-electron chi connectivity index (χ3n) is 3.44. The molecule has 1 fully saturated rings. The van der Waals surface area contributed by atoms with E-state index in [4.69, 9.17) is 10.4 Å². The molecule has 0 aliphatic heterocycles. The second kappa shape index (κ2) is 5.87. The summed E-state index contributed by atoms with van der Waals surface area (Å²) in [6, 6.07) is 3.06. The molecule has 0 amide bonds. The number of hydrogen-bond acceptors (Lipinski definition) is 4. The van der Waals surface area contributed by atoms with E-state index in [0.717, 1.165) is 12.8 Å². The van der Waals surface area contributed by atoms with Gasteiger partial charge in [0.15, 0.2) is 0 Å². The Kier molecular flexibility index (Phi) is 4.34. The monoisotopic (exact) mass is 311 g/mol. The van der Waals surface area contributed by atoms with Gasteiger partial charge in [0.05, 0.1) is 6.07 Å². The summed E-state index contributed by atoms with van der Waals surface area (Å²) in [5, 5.41) is 17.8. The van der Waals surface area contributed by atoms with Gasteiger partial charge in [0.2, 0.25) is 10.0 Å². The van der Waals surface area contributed by atoms with Gasteiger partial charge in [-0.2, -0.15) is 9.57 Å². The fraction of sp³-hybridized carbons (Fsp3) is 0.538. The van der Waals surface area contributed by atoms with Gasteiger partial charge in [0.1, 0.15) is 10.6 Å². The molecule has 1 saturated carbocycles. The van der Waals surface area contributed by atoms with Crippen LogP contribution in [0.2, 0.25) is 0 Å². The summed E-state index contributed by atoms with van der Waals surface area (Å²) in [6.45, 7) is 2.26. The molecule has 0 atom stereocenters. The van der Waals surface area contributed by atoms with Crippen molar-refractivity contribution < 1.29 is 18.3 Å². The van der Waals surface area contributed by atoms with Crippen molar-refractivity contribution in [3.05, 3.63) is 18.0 Å². The van der Waals surface area contributed by atoms with Crippen molar-refractivity contribution in [3.63, 3.8) is 0 Å². The van der Waals surface area contributed by atoms with Gasteiger partial charge in [-0.1, -0.05) is 0 Å². The average molecular weight is 311 g/mol. The summed E-state index contributed by atoms with van der Waals surface area (Å²) in [4.78, 5) is 11.1. The van der Waals surface area contributed by atoms with Gasteiger partial charge < -0.3 is 9.67 Å². The van der Waals surface area contributed by atoms with E-state index in [1.165, 1.54) is 21.1 Å². The maximum atomic E-state index is 12.6. The highest BCUT2D eigenvalue weighted by Crippen LogP contribution is 2.32. The molecule has 2 rings (SSSR count). The lowest BCUT2D eigenvalue weighted by Gasteiger charge is -2.19. The molecule has 1 heterocycles. The maximum Gasteiger partial charge on any atom is 0.352 e. The highest BCUT2D eigenvalue weighted by atomic mass is 32.2. The number of carboxylic acids is 1. The summed E-state index contributed by atoms with van der Waals surface area (Å²) in [5.41, 5.74) is -0.0490. The zero-order valence-corrected chi connectivity index (χ0v) is 12.5. The average Bonchev–Trinajstić information content (AvgIpc) is 3.15. The second-order valence-electron chi connectivity index (χ2n) is 4.91. The van der Waals surface area contributed by atoms with Crippen molar-refractivity contribution in [1.29, 1.82) is 5.26 Å². The summed E-state index contributed by atoms with van der Waals surface area (Å²) in [5.74, 6) is -1.16. The fourth-order valence-corrected chi connectivity index (χ4v) is 3.95. The predicted octanol–water partition coefficient (Wildman–Crippen LogP) is 1.27. The molecule has 0 saturated heterocycles. The number of aromatic carboxylic acids is 1. The van der Waals surface area contributed by atoms with Gasteiger partial charge in [-0.15, -0.1) is 0 Å². The number of hydrogen-bond donors (Lipinski definition) is 1. The first kappa shape index (κ1) is 15.5. The van der Waals surface area contributed by atoms with Gasteiger partial charge in [-0.05, 0) is 25.8 Å². The van der Waals surface area contributed by atoms with Crippen LogP contribution >= 0.6 is 0 Å². The van der Waals surface area contributed by atoms with Crippen LogP contribution in [0.15, 0.2) is 17.2 Å². The molecular formula is C13H17N3O4S. The molecule has 0 spiro atoms. The van der Waals surface area contributed by atoms with Crippen LogP contribution in [0, 0.1) is 11.3 Å². The highest BCUT2D eigenvalue weighted by molar-refractivity contribution is 7.89. The van der Waals surface area contributed by atoms with Gasteiger partial charge in [-0.25, -0.2) is 13.2 Å². The largest absolute Gasteiger partial charge is 0.477 e. The third kappa shape index (κ3) is 3.09. The van der Waals surface area contributed by atoms with E-state index in [2.05, 4.69) is 0 Å². The van der Waals surface area contributed by atoms with E-state index in [-0.39, 0.29) is 29.6 Å². The number of aromatic nitrogens is 1. The number of rotatable bonds is 7. The first-order valence-electron chi connectivity index (χ1n) is 6.74. The van der Waals surface area contributed by atoms with E-state index in [0.29, 0.717) is 6.54 Å². The summed E-state index contributed by atoms with van der Waals surface area (Å²) in [7, 11) is -3.76. The Morgan fingerprint density at radius 2 is 2.24 bits per heavy atom. The van der Waals surface area contributed by atoms with Gasteiger partial charge in [-0.3, -0.25) is 0 Å². The van der Waals surface area contributed by atoms with Crippen LogP contribution in [0.25, 0.3) is 0 Å². The topological polar surface area (TPSA) is 103 Å². The molecule has 0 aromatic carbocycles. The Balaban J connectivity index is 2.38. The molecule has 0 bridgehead atoms. The van der Waals surface area contributed by atoms with Gasteiger partial charge in [0.25, 0.3) is 0 Å². The van der Waals surface area contributed by atoms with Crippen LogP contribution in [-0.2, 0) is 16.6 Å². The zero-order chi connectivity index (χ0) is 15.6. The minimum atomic E-state index is -3.76. The van der Waals surface area contributed by atoms with Crippen LogP contribution in [-0.4, -0.2) is 41.0 Å². The van der Waals surface area contributed by atoms with Crippen molar-refractivity contribution >= 4 is 16.0 Å². The SMILES string of the molecule is CCn1cc(S(=O)(=O)N(CCC#N)C2CC2)cc1C(=O)O. The third-order valence-corrected chi connectivity index (χ3v) is 5.35. The number of nitriles is 1. The Labute approximate surface area is 123 Å². The quantitative estimate of drug-likeness (QED) is 0.816. The lowest BCUT2D eigenvalue weighted by atomic mass is 10.4. The van der Waals surface area contributed by atoms with E-state index in [1.54, 1.807) is 6.92 Å². The molecule has 0 radical (unpaired) electrons. The number of carboxylic acid groups (broad SMARTS) is 1. The number of aryl methyl sites for hydroxylation is 1. The second-order valence-corrected chi connectivity index (χ2v) is 6.80. The molecule has 1 aliphatic rings. The summed E-state index contributed by atoms with van der Waals surface area (Å²) >= 11 is 0. The Hall–Kier alpha value is -1.85. The van der Waals surface area contributed by atoms with Crippen LogP contribution < -0.4 is 0 Å². The lowest BCUT2D eigenvalue weighted by molar-refractivity contribution is 0.0685. The van der Waals surface area contributed by atoms with Crippen LogP contribution in [0.1, 0.15) is 36.7 Å². The van der Waals surface area contributed by atoms with Crippen molar-refractivity contribution in [1.82, 2.24) is 8.87 Å². The van der Waals surface area contributed by atoms with Crippen molar-refractivity contribution in [2.45, 2.75) is 43.7 Å². The van der Waals surface area contributed by atoms with E-state index >= 15 is 0 Å². The van der Waals surface area contributed by atoms with Crippen LogP contribution in [0.4, 0.5) is 0 Å². The number of sulfonamides is 1. The van der Waals surface area contributed by atoms with Crippen molar-refractivity contribution in [2.24, 2.45) is 0 Å². The molecule has 7 nitrogen and oxygen atoms in total. The summed E-state index contributed by atoms with van der Waals surface area (Å²) < 4.78 is 28.0. The van der Waals surface area contributed by atoms with Crippen molar-refractivity contribution in [2.75, 3.05) is 6.54 Å². The fourth-order valence-electron chi connectivity index (χ4n) is 2.22. The van der Waals surface area contributed by atoms with Crippen LogP contribution in [0.5, 0.6) is 0 Å². The first-order valence-corrected chi connectivity index (χ1v) is 8.18. The number of carbonyl (C=O) groups is 1. The van der Waals surface area contributed by atoms with Gasteiger partial charge >= 0.3 is 5.97 Å². The van der Waals surface area contributed by atoms with E-state index in [9.17, 15) is 13.2 Å². The first-order chi connectivity index (χ1) is 9.91. The minimum Gasteiger partial charge on any atom is -0.477 e. The smallest absolute Gasteiger partial charge is 0.352 e. The standard InChI is InChI=1S/C13H17N3O4S/c1-2-15-9-11(8-12(15)13(17)18)21(19,20)16(7-3-6-14)10-4-5-10/h8-10H,2-5,7H2,1H3,(H,17,18). The molecule has 0 unspecified atom stereocenters. The summed E-state index contributed by atoms with van der Waals surface area (Å²) in [6.07, 6.45) is 3.03. The normalized spacial score (nSPS) is 15.1. The Morgan fingerprint density at radius 1 is 1.57 bits per heavy atom. The van der Waals surface area contributed by atoms with E-state index in [1.807, 2.05) is 6.07 Å². The minimum absolute atomic E-state index is 0.0217. The predicted molar refractivity (Wildman–Crippen MR) is 74.2 cm³/mol. The lowest BCUT2D eigenvalue weighted by Crippen LogP contribution is -2.33. The highest BCUT2D eigenvalue weighted by Gasteiger charge is 2.38. The molecule has 114 valence electrons.